The van der Waals surface area contributed by atoms with Gasteiger partial charge in [-0.15, -0.1) is 0 Å². The Morgan fingerprint density at radius 1 is 1.23 bits per heavy atom. The lowest BCUT2D eigenvalue weighted by Gasteiger charge is -2.16. The van der Waals surface area contributed by atoms with Crippen molar-refractivity contribution in [1.29, 1.82) is 0 Å². The topological polar surface area (TPSA) is 84.5 Å². The fourth-order valence-electron chi connectivity index (χ4n) is 2.62. The predicted octanol–water partition coefficient (Wildman–Crippen LogP) is 2.02. The summed E-state index contributed by atoms with van der Waals surface area (Å²) in [7, 11) is 0. The molecule has 0 saturated carbocycles. The van der Waals surface area contributed by atoms with Gasteiger partial charge in [-0.1, -0.05) is 42.0 Å². The van der Waals surface area contributed by atoms with E-state index in [-0.39, 0.29) is 37.4 Å². The second-order valence-electron chi connectivity index (χ2n) is 6.42. The average molecular weight is 358 g/mol. The van der Waals surface area contributed by atoms with E-state index < -0.39 is 5.92 Å². The molecule has 0 aliphatic carbocycles. The number of aryl methyl sites for hydroxylation is 1. The summed E-state index contributed by atoms with van der Waals surface area (Å²) in [4.78, 5) is 35.9. The molecule has 0 bridgehead atoms. The van der Waals surface area contributed by atoms with Crippen LogP contribution >= 0.6 is 0 Å². The van der Waals surface area contributed by atoms with Crippen molar-refractivity contribution < 1.29 is 19.1 Å². The van der Waals surface area contributed by atoms with Crippen molar-refractivity contribution >= 4 is 17.8 Å². The highest BCUT2D eigenvalue weighted by Crippen LogP contribution is 2.12. The number of nitrogens with one attached hydrogen (secondary N) is 2. The van der Waals surface area contributed by atoms with Crippen molar-refractivity contribution in [2.24, 2.45) is 5.92 Å². The van der Waals surface area contributed by atoms with Gasteiger partial charge in [0.05, 0.1) is 12.5 Å². The number of benzene rings is 1. The zero-order valence-corrected chi connectivity index (χ0v) is 15.1. The molecule has 1 atom stereocenters. The van der Waals surface area contributed by atoms with Crippen LogP contribution < -0.4 is 10.6 Å². The van der Waals surface area contributed by atoms with Crippen molar-refractivity contribution in [1.82, 2.24) is 10.6 Å². The first kappa shape index (κ1) is 19.7. The third-order valence-corrected chi connectivity index (χ3v) is 4.18. The number of hydrogen-bond acceptors (Lipinski definition) is 4. The standard InChI is InChI=1S/C20H26N2O4/c1-15-7-9-16(10-8-15)14-22-18(23)13-17-5-3-2-4-6-19(24)26-12-11-21-20(17)25/h2-3,7-10,17H,4-6,11-14H2,1H3,(H,21,25)(H,22,23)/b3-2+/t17-/m1/s1. The highest BCUT2D eigenvalue weighted by atomic mass is 16.5. The zero-order chi connectivity index (χ0) is 18.8. The van der Waals surface area contributed by atoms with E-state index in [2.05, 4.69) is 10.6 Å². The van der Waals surface area contributed by atoms with E-state index in [9.17, 15) is 14.4 Å². The summed E-state index contributed by atoms with van der Waals surface area (Å²) < 4.78 is 5.01. The fourth-order valence-corrected chi connectivity index (χ4v) is 2.62. The third kappa shape index (κ3) is 7.09. The van der Waals surface area contributed by atoms with Crippen LogP contribution in [0, 0.1) is 12.8 Å². The second-order valence-corrected chi connectivity index (χ2v) is 6.42. The van der Waals surface area contributed by atoms with Crippen molar-refractivity contribution in [3.63, 3.8) is 0 Å². The fraction of sp³-hybridized carbons (Fsp3) is 0.450. The molecule has 1 aromatic carbocycles. The van der Waals surface area contributed by atoms with Gasteiger partial charge in [0, 0.05) is 19.4 Å². The first-order valence-electron chi connectivity index (χ1n) is 8.95. The van der Waals surface area contributed by atoms with Crippen LogP contribution in [0.5, 0.6) is 0 Å². The lowest BCUT2D eigenvalue weighted by molar-refractivity contribution is -0.144. The third-order valence-electron chi connectivity index (χ3n) is 4.18. The molecule has 1 aromatic rings. The average Bonchev–Trinajstić information content (AvgIpc) is 2.62. The highest BCUT2D eigenvalue weighted by Gasteiger charge is 2.21. The van der Waals surface area contributed by atoms with Gasteiger partial charge in [-0.25, -0.2) is 0 Å². The number of cyclic esters (lactones) is 1. The smallest absolute Gasteiger partial charge is 0.306 e. The summed E-state index contributed by atoms with van der Waals surface area (Å²) in [6, 6.07) is 7.95. The number of amides is 2. The van der Waals surface area contributed by atoms with Crippen LogP contribution in [0.25, 0.3) is 0 Å². The van der Waals surface area contributed by atoms with Crippen LogP contribution in [0.4, 0.5) is 0 Å². The molecule has 1 heterocycles. The summed E-state index contributed by atoms with van der Waals surface area (Å²) in [6.45, 7) is 2.87. The first-order valence-corrected chi connectivity index (χ1v) is 8.95. The quantitative estimate of drug-likeness (QED) is 0.637. The van der Waals surface area contributed by atoms with E-state index in [1.165, 1.54) is 5.56 Å². The van der Waals surface area contributed by atoms with Crippen LogP contribution in [0.1, 0.15) is 36.8 Å². The van der Waals surface area contributed by atoms with E-state index in [0.29, 0.717) is 25.8 Å². The molecular weight excluding hydrogens is 332 g/mol. The van der Waals surface area contributed by atoms with Crippen LogP contribution in [-0.2, 0) is 25.7 Å². The molecule has 2 N–H and O–H groups in total. The number of carbonyl (C=O) groups excluding carboxylic acids is 3. The van der Waals surface area contributed by atoms with Gasteiger partial charge in [-0.05, 0) is 25.3 Å². The van der Waals surface area contributed by atoms with Gasteiger partial charge < -0.3 is 15.4 Å². The molecular formula is C20H26N2O4. The molecule has 6 heteroatoms. The normalized spacial score (nSPS) is 20.1. The number of rotatable bonds is 4. The molecule has 0 radical (unpaired) electrons. The summed E-state index contributed by atoms with van der Waals surface area (Å²) in [5, 5.41) is 5.59. The van der Waals surface area contributed by atoms with E-state index in [1.54, 1.807) is 0 Å². The summed E-state index contributed by atoms with van der Waals surface area (Å²) >= 11 is 0. The van der Waals surface area contributed by atoms with Gasteiger partial charge in [0.1, 0.15) is 6.61 Å². The molecule has 1 aliphatic rings. The van der Waals surface area contributed by atoms with Gasteiger partial charge in [-0.2, -0.15) is 0 Å². The van der Waals surface area contributed by atoms with Gasteiger partial charge in [0.2, 0.25) is 11.8 Å². The maximum atomic E-state index is 12.3. The van der Waals surface area contributed by atoms with E-state index in [4.69, 9.17) is 4.74 Å². The number of hydrogen-bond donors (Lipinski definition) is 2. The molecule has 0 spiro atoms. The number of ether oxygens (including phenoxy) is 1. The number of carbonyl (C=O) groups is 3. The molecule has 0 fully saturated rings. The van der Waals surface area contributed by atoms with Crippen molar-refractivity contribution in [3.8, 4) is 0 Å². The van der Waals surface area contributed by atoms with Crippen LogP contribution in [0.15, 0.2) is 36.4 Å². The molecule has 0 unspecified atom stereocenters. The molecule has 2 rings (SSSR count). The molecule has 2 amide bonds. The number of allylic oxidation sites excluding steroid dienone is 2. The Morgan fingerprint density at radius 3 is 2.77 bits per heavy atom. The molecule has 6 nitrogen and oxygen atoms in total. The lowest BCUT2D eigenvalue weighted by atomic mass is 9.99. The van der Waals surface area contributed by atoms with E-state index in [0.717, 1.165) is 5.56 Å². The monoisotopic (exact) mass is 358 g/mol. The Kier molecular flexibility index (Phi) is 7.86. The minimum absolute atomic E-state index is 0.127. The summed E-state index contributed by atoms with van der Waals surface area (Å²) in [5.74, 6) is -1.05. The predicted molar refractivity (Wildman–Crippen MR) is 98.1 cm³/mol. The molecule has 140 valence electrons. The lowest BCUT2D eigenvalue weighted by Crippen LogP contribution is -2.36. The SMILES string of the molecule is Cc1ccc(CNC(=O)C[C@H]2C/C=C/CCC(=O)OCCNC2=O)cc1. The first-order chi connectivity index (χ1) is 12.5. The van der Waals surface area contributed by atoms with Crippen molar-refractivity contribution in [3.05, 3.63) is 47.5 Å². The Labute approximate surface area is 154 Å². The Hall–Kier alpha value is -2.63. The minimum atomic E-state index is -0.431. The van der Waals surface area contributed by atoms with Gasteiger partial charge in [0.15, 0.2) is 0 Å². The van der Waals surface area contributed by atoms with Crippen LogP contribution in [-0.4, -0.2) is 30.9 Å². The van der Waals surface area contributed by atoms with Crippen LogP contribution in [0.2, 0.25) is 0 Å². The summed E-state index contributed by atoms with van der Waals surface area (Å²) in [6.07, 6.45) is 5.21. The minimum Gasteiger partial charge on any atom is -0.464 e. The zero-order valence-electron chi connectivity index (χ0n) is 15.1. The highest BCUT2D eigenvalue weighted by molar-refractivity contribution is 5.85. The largest absolute Gasteiger partial charge is 0.464 e. The van der Waals surface area contributed by atoms with Crippen molar-refractivity contribution in [2.45, 2.75) is 39.2 Å². The van der Waals surface area contributed by atoms with E-state index in [1.807, 2.05) is 43.3 Å². The Morgan fingerprint density at radius 2 is 2.00 bits per heavy atom. The molecule has 0 aromatic heterocycles. The maximum absolute atomic E-state index is 12.3. The summed E-state index contributed by atoms with van der Waals surface area (Å²) in [5.41, 5.74) is 2.19. The molecule has 0 saturated heterocycles. The second kappa shape index (κ2) is 10.4. The molecule has 26 heavy (non-hydrogen) atoms. The number of esters is 1. The molecule has 1 aliphatic heterocycles. The van der Waals surface area contributed by atoms with Gasteiger partial charge >= 0.3 is 5.97 Å². The van der Waals surface area contributed by atoms with E-state index >= 15 is 0 Å². The van der Waals surface area contributed by atoms with Crippen molar-refractivity contribution in [2.75, 3.05) is 13.2 Å². The Bertz CT molecular complexity index is 652. The van der Waals surface area contributed by atoms with Gasteiger partial charge in [0.25, 0.3) is 0 Å². The van der Waals surface area contributed by atoms with Gasteiger partial charge in [-0.3, -0.25) is 14.4 Å². The Balaban J connectivity index is 1.87. The van der Waals surface area contributed by atoms with Crippen LogP contribution in [0.3, 0.4) is 0 Å². The maximum Gasteiger partial charge on any atom is 0.306 e.